The number of carbonyl (C=O) groups excluding carboxylic acids is 2. The van der Waals surface area contributed by atoms with E-state index in [4.69, 9.17) is 0 Å². The Balaban J connectivity index is 1.79. The fourth-order valence-corrected chi connectivity index (χ4v) is 6.62. The Bertz CT molecular complexity index is 1690. The first kappa shape index (κ1) is 33.5. The number of nitrogens with zero attached hydrogens (tertiary/aromatic N) is 2. The summed E-state index contributed by atoms with van der Waals surface area (Å²) in [4.78, 5) is 30.0. The van der Waals surface area contributed by atoms with E-state index in [1.807, 2.05) is 81.4 Å². The van der Waals surface area contributed by atoms with E-state index in [2.05, 4.69) is 12.2 Å². The van der Waals surface area contributed by atoms with E-state index in [0.29, 0.717) is 12.2 Å². The van der Waals surface area contributed by atoms with E-state index in [1.54, 1.807) is 42.5 Å². The van der Waals surface area contributed by atoms with Crippen molar-refractivity contribution in [2.75, 3.05) is 17.4 Å². The van der Waals surface area contributed by atoms with Gasteiger partial charge in [-0.2, -0.15) is 0 Å². The molecule has 0 fully saturated rings. The summed E-state index contributed by atoms with van der Waals surface area (Å²) in [5, 5.41) is 3.03. The maximum Gasteiger partial charge on any atom is 0.264 e. The molecular weight excluding hydrogens is 582 g/mol. The Morgan fingerprint density at radius 3 is 2.04 bits per heavy atom. The molecule has 0 bridgehead atoms. The summed E-state index contributed by atoms with van der Waals surface area (Å²) in [7, 11) is -4.13. The molecule has 0 aliphatic carbocycles. The summed E-state index contributed by atoms with van der Waals surface area (Å²) in [6.45, 7) is 7.95. The minimum atomic E-state index is -4.13. The van der Waals surface area contributed by atoms with Crippen LogP contribution in [0, 0.1) is 20.8 Å². The molecule has 0 saturated carbocycles. The molecule has 4 aromatic rings. The van der Waals surface area contributed by atoms with Crippen molar-refractivity contribution in [3.63, 3.8) is 0 Å². The van der Waals surface area contributed by atoms with Crippen molar-refractivity contribution in [1.82, 2.24) is 10.2 Å². The molecule has 0 unspecified atom stereocenters. The number of hydrogen-bond acceptors (Lipinski definition) is 4. The normalized spacial score (nSPS) is 11.9. The van der Waals surface area contributed by atoms with Crippen molar-refractivity contribution in [3.8, 4) is 0 Å². The average Bonchev–Trinajstić information content (AvgIpc) is 3.02. The lowest BCUT2D eigenvalue weighted by atomic mass is 10.0. The zero-order valence-electron chi connectivity index (χ0n) is 26.6. The highest BCUT2D eigenvalue weighted by Gasteiger charge is 2.34. The van der Waals surface area contributed by atoms with Gasteiger partial charge in [-0.05, 0) is 68.1 Å². The van der Waals surface area contributed by atoms with Crippen LogP contribution in [-0.2, 0) is 32.6 Å². The molecule has 4 rings (SSSR count). The predicted molar refractivity (Wildman–Crippen MR) is 180 cm³/mol. The van der Waals surface area contributed by atoms with Gasteiger partial charge in [-0.1, -0.05) is 103 Å². The molecule has 0 aliphatic rings. The molecule has 45 heavy (non-hydrogen) atoms. The van der Waals surface area contributed by atoms with Crippen LogP contribution in [0.15, 0.2) is 108 Å². The molecule has 0 saturated heterocycles. The van der Waals surface area contributed by atoms with Crippen LogP contribution >= 0.6 is 0 Å². The molecule has 4 aromatic carbocycles. The summed E-state index contributed by atoms with van der Waals surface area (Å²) in [5.74, 6) is -0.739. The monoisotopic (exact) mass is 625 g/mol. The lowest BCUT2D eigenvalue weighted by Gasteiger charge is -2.34. The first-order valence-corrected chi connectivity index (χ1v) is 16.8. The topological polar surface area (TPSA) is 86.8 Å². The SMILES string of the molecule is CCCCNC(=O)[C@H](Cc1ccccc1)N(Cc1cccc(C)c1)C(=O)CN(c1cccc(C)c1)S(=O)(=O)c1ccc(C)cc1. The van der Waals surface area contributed by atoms with E-state index < -0.39 is 28.5 Å². The molecule has 0 spiro atoms. The summed E-state index contributed by atoms with van der Waals surface area (Å²) in [5.41, 5.74) is 4.94. The fraction of sp³-hybridized carbons (Fsp3) is 0.297. The highest BCUT2D eigenvalue weighted by molar-refractivity contribution is 7.92. The number of benzene rings is 4. The molecule has 8 heteroatoms. The van der Waals surface area contributed by atoms with E-state index in [0.717, 1.165) is 45.0 Å². The molecule has 1 atom stereocenters. The second kappa shape index (κ2) is 15.5. The smallest absolute Gasteiger partial charge is 0.264 e. The van der Waals surface area contributed by atoms with Crippen molar-refractivity contribution < 1.29 is 18.0 Å². The third-order valence-electron chi connectivity index (χ3n) is 7.71. The van der Waals surface area contributed by atoms with Crippen molar-refractivity contribution in [3.05, 3.63) is 131 Å². The molecule has 2 amide bonds. The first-order valence-electron chi connectivity index (χ1n) is 15.4. The lowest BCUT2D eigenvalue weighted by molar-refractivity contribution is -0.140. The average molecular weight is 626 g/mol. The van der Waals surface area contributed by atoms with Gasteiger partial charge < -0.3 is 10.2 Å². The quantitative estimate of drug-likeness (QED) is 0.165. The number of sulfonamides is 1. The second-order valence-electron chi connectivity index (χ2n) is 11.5. The Morgan fingerprint density at radius 1 is 0.756 bits per heavy atom. The van der Waals surface area contributed by atoms with Crippen LogP contribution in [0.4, 0.5) is 5.69 Å². The number of unbranched alkanes of at least 4 members (excludes halogenated alkanes) is 1. The lowest BCUT2D eigenvalue weighted by Crippen LogP contribution is -2.53. The van der Waals surface area contributed by atoms with Gasteiger partial charge in [0.05, 0.1) is 10.6 Å². The van der Waals surface area contributed by atoms with Gasteiger partial charge in [0.25, 0.3) is 10.0 Å². The summed E-state index contributed by atoms with van der Waals surface area (Å²) >= 11 is 0. The highest BCUT2D eigenvalue weighted by atomic mass is 32.2. The van der Waals surface area contributed by atoms with Crippen LogP contribution in [0.3, 0.4) is 0 Å². The van der Waals surface area contributed by atoms with Crippen molar-refractivity contribution in [2.45, 2.75) is 64.4 Å². The minimum absolute atomic E-state index is 0.0887. The number of amides is 2. The Labute approximate surface area is 268 Å². The maximum absolute atomic E-state index is 14.5. The van der Waals surface area contributed by atoms with Gasteiger partial charge >= 0.3 is 0 Å². The van der Waals surface area contributed by atoms with E-state index in [1.165, 1.54) is 4.90 Å². The molecule has 0 aromatic heterocycles. The van der Waals surface area contributed by atoms with Crippen molar-refractivity contribution in [2.24, 2.45) is 0 Å². The summed E-state index contributed by atoms with van der Waals surface area (Å²) in [6.07, 6.45) is 2.01. The van der Waals surface area contributed by atoms with Crippen LogP contribution in [0.25, 0.3) is 0 Å². The molecule has 7 nitrogen and oxygen atoms in total. The molecular formula is C37H43N3O4S. The highest BCUT2D eigenvalue weighted by Crippen LogP contribution is 2.26. The zero-order valence-corrected chi connectivity index (χ0v) is 27.4. The Morgan fingerprint density at radius 2 is 1.40 bits per heavy atom. The predicted octanol–water partition coefficient (Wildman–Crippen LogP) is 6.36. The van der Waals surface area contributed by atoms with Gasteiger partial charge in [0.15, 0.2) is 0 Å². The fourth-order valence-electron chi connectivity index (χ4n) is 5.22. The molecule has 0 aliphatic heterocycles. The van der Waals surface area contributed by atoms with Crippen LogP contribution < -0.4 is 9.62 Å². The summed E-state index contributed by atoms with van der Waals surface area (Å²) in [6, 6.07) is 30.2. The van der Waals surface area contributed by atoms with Gasteiger partial charge in [0, 0.05) is 19.5 Å². The first-order chi connectivity index (χ1) is 21.6. The zero-order chi connectivity index (χ0) is 32.4. The molecule has 0 radical (unpaired) electrons. The van der Waals surface area contributed by atoms with E-state index in [-0.39, 0.29) is 23.8 Å². The standard InChI is InChI=1S/C37H43N3O4S/c1-5-6-22-38-37(42)35(25-31-14-8-7-9-15-31)39(26-32-16-10-12-29(3)23-32)36(41)27-40(33-17-11-13-30(4)24-33)45(43,44)34-20-18-28(2)19-21-34/h7-21,23-24,35H,5-6,22,25-27H2,1-4H3,(H,38,42)/t35-/m0/s1. The van der Waals surface area contributed by atoms with Crippen LogP contribution in [0.1, 0.15) is 47.6 Å². The third kappa shape index (κ3) is 9.05. The van der Waals surface area contributed by atoms with Crippen LogP contribution in [-0.4, -0.2) is 44.3 Å². The number of carbonyl (C=O) groups is 2. The van der Waals surface area contributed by atoms with Gasteiger partial charge in [-0.3, -0.25) is 13.9 Å². The van der Waals surface area contributed by atoms with Gasteiger partial charge in [0.2, 0.25) is 11.8 Å². The number of aryl methyl sites for hydroxylation is 3. The van der Waals surface area contributed by atoms with Gasteiger partial charge in [-0.15, -0.1) is 0 Å². The van der Waals surface area contributed by atoms with Crippen molar-refractivity contribution in [1.29, 1.82) is 0 Å². The number of hydrogen-bond donors (Lipinski definition) is 1. The Hall–Kier alpha value is -4.43. The molecule has 1 N–H and O–H groups in total. The molecule has 236 valence electrons. The van der Waals surface area contributed by atoms with Gasteiger partial charge in [-0.25, -0.2) is 8.42 Å². The maximum atomic E-state index is 14.5. The number of nitrogens with one attached hydrogen (secondary N) is 1. The van der Waals surface area contributed by atoms with Gasteiger partial charge in [0.1, 0.15) is 12.6 Å². The van der Waals surface area contributed by atoms with Crippen LogP contribution in [0.5, 0.6) is 0 Å². The van der Waals surface area contributed by atoms with Crippen LogP contribution in [0.2, 0.25) is 0 Å². The third-order valence-corrected chi connectivity index (χ3v) is 9.50. The minimum Gasteiger partial charge on any atom is -0.354 e. The largest absolute Gasteiger partial charge is 0.354 e. The Kier molecular flexibility index (Phi) is 11.5. The second-order valence-corrected chi connectivity index (χ2v) is 13.4. The van der Waals surface area contributed by atoms with Crippen molar-refractivity contribution >= 4 is 27.5 Å². The number of anilines is 1. The van der Waals surface area contributed by atoms with E-state index >= 15 is 0 Å². The molecule has 0 heterocycles. The summed E-state index contributed by atoms with van der Waals surface area (Å²) < 4.78 is 29.5. The van der Waals surface area contributed by atoms with E-state index in [9.17, 15) is 18.0 Å². The number of rotatable bonds is 14.